The monoisotopic (exact) mass is 358 g/mol. The van der Waals surface area contributed by atoms with E-state index >= 15 is 0 Å². The Labute approximate surface area is 152 Å². The Kier molecular flexibility index (Phi) is 6.60. The highest BCUT2D eigenvalue weighted by Crippen LogP contribution is 2.37. The standard InChI is InChI=1S/C18H17FN2O3.C2H6/c1-20-11-4-5-16(13(19)8-11)24-15-6-7-21-14-10-18(23-3)17(22-2)9-12(14)15;1-2/h4-10,20H,1-3H3;1-2H3. The smallest absolute Gasteiger partial charge is 0.167 e. The highest BCUT2D eigenvalue weighted by Gasteiger charge is 2.13. The lowest BCUT2D eigenvalue weighted by Gasteiger charge is -2.13. The number of ether oxygens (including phenoxy) is 3. The Morgan fingerprint density at radius 3 is 2.19 bits per heavy atom. The van der Waals surface area contributed by atoms with Gasteiger partial charge in [-0.2, -0.15) is 0 Å². The molecule has 1 heterocycles. The molecule has 3 rings (SSSR count). The maximum atomic E-state index is 14.2. The van der Waals surface area contributed by atoms with Crippen LogP contribution >= 0.6 is 0 Å². The van der Waals surface area contributed by atoms with E-state index in [9.17, 15) is 4.39 Å². The molecule has 0 amide bonds. The maximum Gasteiger partial charge on any atom is 0.167 e. The van der Waals surface area contributed by atoms with Crippen LogP contribution in [0.5, 0.6) is 23.0 Å². The van der Waals surface area contributed by atoms with Crippen LogP contribution < -0.4 is 19.5 Å². The van der Waals surface area contributed by atoms with Crippen LogP contribution in [0.4, 0.5) is 10.1 Å². The molecule has 0 aliphatic heterocycles. The predicted octanol–water partition coefficient (Wildman–Crippen LogP) is 5.25. The Bertz CT molecular complexity index is 884. The number of nitrogens with zero attached hydrogens (tertiary/aromatic N) is 1. The molecule has 0 unspecified atom stereocenters. The molecule has 1 aromatic heterocycles. The zero-order valence-electron chi connectivity index (χ0n) is 15.6. The summed E-state index contributed by atoms with van der Waals surface area (Å²) in [7, 11) is 4.84. The van der Waals surface area contributed by atoms with Crippen molar-refractivity contribution in [3.05, 3.63) is 48.4 Å². The van der Waals surface area contributed by atoms with Crippen molar-refractivity contribution in [2.45, 2.75) is 13.8 Å². The molecule has 0 fully saturated rings. The van der Waals surface area contributed by atoms with Gasteiger partial charge in [0.05, 0.1) is 19.7 Å². The Balaban J connectivity index is 0.00000117. The topological polar surface area (TPSA) is 52.6 Å². The van der Waals surface area contributed by atoms with Crippen LogP contribution in [0.1, 0.15) is 13.8 Å². The lowest BCUT2D eigenvalue weighted by Crippen LogP contribution is -1.95. The number of aromatic nitrogens is 1. The molecule has 0 bridgehead atoms. The van der Waals surface area contributed by atoms with Crippen molar-refractivity contribution in [2.24, 2.45) is 0 Å². The highest BCUT2D eigenvalue weighted by atomic mass is 19.1. The second-order valence-corrected chi connectivity index (χ2v) is 5.03. The zero-order valence-corrected chi connectivity index (χ0v) is 15.6. The van der Waals surface area contributed by atoms with Crippen LogP contribution in [0.2, 0.25) is 0 Å². The van der Waals surface area contributed by atoms with Crippen LogP contribution in [-0.2, 0) is 0 Å². The van der Waals surface area contributed by atoms with Gasteiger partial charge in [0, 0.05) is 36.5 Å². The molecule has 138 valence electrons. The summed E-state index contributed by atoms with van der Waals surface area (Å²) in [6.07, 6.45) is 1.60. The molecule has 0 atom stereocenters. The third-order valence-corrected chi connectivity index (χ3v) is 3.65. The molecule has 1 N–H and O–H groups in total. The molecule has 5 nitrogen and oxygen atoms in total. The summed E-state index contributed by atoms with van der Waals surface area (Å²) in [4.78, 5) is 4.30. The van der Waals surface area contributed by atoms with Crippen molar-refractivity contribution in [3.8, 4) is 23.0 Å². The van der Waals surface area contributed by atoms with E-state index in [0.717, 1.165) is 0 Å². The van der Waals surface area contributed by atoms with Crippen molar-refractivity contribution >= 4 is 16.6 Å². The van der Waals surface area contributed by atoms with E-state index in [0.29, 0.717) is 33.8 Å². The molecule has 0 radical (unpaired) electrons. The Morgan fingerprint density at radius 1 is 0.885 bits per heavy atom. The van der Waals surface area contributed by atoms with E-state index in [1.807, 2.05) is 13.8 Å². The van der Waals surface area contributed by atoms with Crippen molar-refractivity contribution in [1.82, 2.24) is 4.98 Å². The van der Waals surface area contributed by atoms with Crippen LogP contribution in [0.25, 0.3) is 10.9 Å². The minimum Gasteiger partial charge on any atom is -0.493 e. The molecule has 0 saturated carbocycles. The Morgan fingerprint density at radius 2 is 1.58 bits per heavy atom. The van der Waals surface area contributed by atoms with E-state index in [2.05, 4.69) is 10.3 Å². The van der Waals surface area contributed by atoms with Crippen molar-refractivity contribution in [1.29, 1.82) is 0 Å². The number of halogens is 1. The second-order valence-electron chi connectivity index (χ2n) is 5.03. The van der Waals surface area contributed by atoms with Crippen molar-refractivity contribution < 1.29 is 18.6 Å². The molecule has 3 aromatic rings. The summed E-state index contributed by atoms with van der Waals surface area (Å²) < 4.78 is 30.5. The largest absolute Gasteiger partial charge is 0.493 e. The fourth-order valence-electron chi connectivity index (χ4n) is 2.39. The van der Waals surface area contributed by atoms with Crippen LogP contribution in [-0.4, -0.2) is 26.3 Å². The van der Waals surface area contributed by atoms with Gasteiger partial charge in [-0.3, -0.25) is 4.98 Å². The lowest BCUT2D eigenvalue weighted by molar-refractivity contribution is 0.355. The van der Waals surface area contributed by atoms with Gasteiger partial charge in [0.15, 0.2) is 23.1 Å². The van der Waals surface area contributed by atoms with Gasteiger partial charge in [0.1, 0.15) is 5.75 Å². The number of anilines is 1. The van der Waals surface area contributed by atoms with Gasteiger partial charge in [0.2, 0.25) is 0 Å². The third kappa shape index (κ3) is 3.96. The molecule has 2 aromatic carbocycles. The van der Waals surface area contributed by atoms with E-state index < -0.39 is 5.82 Å². The summed E-state index contributed by atoms with van der Waals surface area (Å²) in [5.74, 6) is 1.29. The number of methoxy groups -OCH3 is 2. The first-order valence-electron chi connectivity index (χ1n) is 8.32. The first kappa shape index (κ1) is 19.3. The van der Waals surface area contributed by atoms with Crippen LogP contribution in [0.15, 0.2) is 42.6 Å². The van der Waals surface area contributed by atoms with Crippen molar-refractivity contribution in [2.75, 3.05) is 26.6 Å². The second kappa shape index (κ2) is 8.89. The SMILES string of the molecule is CC.CNc1ccc(Oc2ccnc3cc(OC)c(OC)cc23)c(F)c1. The number of rotatable bonds is 5. The Hall–Kier alpha value is -3.02. The van der Waals surface area contributed by atoms with E-state index in [-0.39, 0.29) is 5.75 Å². The molecule has 0 saturated heterocycles. The quantitative estimate of drug-likeness (QED) is 0.675. The molecule has 0 spiro atoms. The van der Waals surface area contributed by atoms with E-state index in [1.165, 1.54) is 6.07 Å². The van der Waals surface area contributed by atoms with Crippen LogP contribution in [0, 0.1) is 5.82 Å². The minimum absolute atomic E-state index is 0.135. The van der Waals surface area contributed by atoms with E-state index in [4.69, 9.17) is 14.2 Å². The van der Waals surface area contributed by atoms with Crippen LogP contribution in [0.3, 0.4) is 0 Å². The molecular formula is C20H23FN2O3. The average Bonchev–Trinajstić information content (AvgIpc) is 2.70. The number of fused-ring (bicyclic) bond motifs is 1. The van der Waals surface area contributed by atoms with Gasteiger partial charge in [-0.15, -0.1) is 0 Å². The van der Waals surface area contributed by atoms with Gasteiger partial charge >= 0.3 is 0 Å². The van der Waals surface area contributed by atoms with E-state index in [1.54, 1.807) is 57.8 Å². The molecule has 0 aliphatic rings. The number of nitrogens with one attached hydrogen (secondary N) is 1. The first-order valence-corrected chi connectivity index (χ1v) is 8.32. The molecular weight excluding hydrogens is 335 g/mol. The molecule has 6 heteroatoms. The summed E-state index contributed by atoms with van der Waals surface area (Å²) in [6, 6.07) is 9.89. The molecule has 0 aliphatic carbocycles. The predicted molar refractivity (Wildman–Crippen MR) is 102 cm³/mol. The van der Waals surface area contributed by atoms with Gasteiger partial charge in [-0.05, 0) is 24.3 Å². The molecule has 26 heavy (non-hydrogen) atoms. The minimum atomic E-state index is -0.452. The number of pyridine rings is 1. The van der Waals surface area contributed by atoms with Crippen molar-refractivity contribution in [3.63, 3.8) is 0 Å². The fraction of sp³-hybridized carbons (Fsp3) is 0.250. The summed E-state index contributed by atoms with van der Waals surface area (Å²) in [5.41, 5.74) is 1.34. The fourth-order valence-corrected chi connectivity index (χ4v) is 2.39. The number of benzene rings is 2. The van der Waals surface area contributed by atoms with Gasteiger partial charge < -0.3 is 19.5 Å². The lowest BCUT2D eigenvalue weighted by atomic mass is 10.2. The summed E-state index contributed by atoms with van der Waals surface area (Å²) in [6.45, 7) is 4.00. The highest BCUT2D eigenvalue weighted by molar-refractivity contribution is 5.88. The maximum absolute atomic E-state index is 14.2. The third-order valence-electron chi connectivity index (χ3n) is 3.65. The summed E-state index contributed by atoms with van der Waals surface area (Å²) >= 11 is 0. The summed E-state index contributed by atoms with van der Waals surface area (Å²) in [5, 5.41) is 3.58. The van der Waals surface area contributed by atoms with Gasteiger partial charge in [-0.1, -0.05) is 13.8 Å². The average molecular weight is 358 g/mol. The zero-order chi connectivity index (χ0) is 19.1. The normalized spacial score (nSPS) is 9.92. The number of hydrogen-bond donors (Lipinski definition) is 1. The van der Waals surface area contributed by atoms with Gasteiger partial charge in [0.25, 0.3) is 0 Å². The number of hydrogen-bond acceptors (Lipinski definition) is 5. The first-order chi connectivity index (χ1) is 12.7. The van der Waals surface area contributed by atoms with Gasteiger partial charge in [-0.25, -0.2) is 4.39 Å².